The highest BCUT2D eigenvalue weighted by molar-refractivity contribution is 5.44. The van der Waals surface area contributed by atoms with Crippen LogP contribution in [-0.4, -0.2) is 23.6 Å². The first-order valence-corrected chi connectivity index (χ1v) is 6.37. The molecule has 0 unspecified atom stereocenters. The van der Waals surface area contributed by atoms with Crippen LogP contribution in [0.4, 0.5) is 5.69 Å². The zero-order valence-corrected chi connectivity index (χ0v) is 12.0. The predicted molar refractivity (Wildman–Crippen MR) is 75.6 cm³/mol. The van der Waals surface area contributed by atoms with Gasteiger partial charge in [-0.15, -0.1) is 0 Å². The minimum Gasteiger partial charge on any atom is -0.870 e. The largest absolute Gasteiger partial charge is 0.870 e. The second kappa shape index (κ2) is 6.18. The second-order valence-corrected chi connectivity index (χ2v) is 5.45. The number of hydrogen-bond donors (Lipinski definition) is 0. The molecule has 0 aliphatic carbocycles. The summed E-state index contributed by atoms with van der Waals surface area (Å²) in [4.78, 5) is 0. The standard InChI is InChI=1S/C15H26N.H2O/c1-12(2)16(13(3)4,14(5)6)15-10-8-7-9-11-15;/h7-14H,1-6H3;1H2/q+1;/p-1. The summed E-state index contributed by atoms with van der Waals surface area (Å²) in [5, 5.41) is 0. The van der Waals surface area contributed by atoms with Crippen molar-refractivity contribution in [1.29, 1.82) is 0 Å². The molecule has 0 saturated heterocycles. The summed E-state index contributed by atoms with van der Waals surface area (Å²) in [5.74, 6) is 0. The Balaban J connectivity index is 0.00000256. The van der Waals surface area contributed by atoms with Crippen molar-refractivity contribution in [2.45, 2.75) is 59.7 Å². The van der Waals surface area contributed by atoms with Crippen molar-refractivity contribution in [3.8, 4) is 0 Å². The van der Waals surface area contributed by atoms with E-state index in [1.807, 2.05) is 0 Å². The molecule has 1 N–H and O–H groups in total. The van der Waals surface area contributed by atoms with E-state index < -0.39 is 0 Å². The lowest BCUT2D eigenvalue weighted by Crippen LogP contribution is -2.63. The minimum absolute atomic E-state index is 0. The molecule has 0 spiro atoms. The van der Waals surface area contributed by atoms with Gasteiger partial charge in [-0.05, 0) is 53.7 Å². The van der Waals surface area contributed by atoms with Gasteiger partial charge < -0.3 is 5.48 Å². The lowest BCUT2D eigenvalue weighted by Gasteiger charge is -2.48. The molecule has 0 amide bonds. The van der Waals surface area contributed by atoms with Gasteiger partial charge in [0.05, 0.1) is 18.1 Å². The van der Waals surface area contributed by atoms with Crippen LogP contribution in [0, 0.1) is 0 Å². The Morgan fingerprint density at radius 3 is 1.35 bits per heavy atom. The molecule has 0 saturated carbocycles. The third-order valence-electron chi connectivity index (χ3n) is 3.77. The first-order valence-electron chi connectivity index (χ1n) is 6.37. The third kappa shape index (κ3) is 2.70. The highest BCUT2D eigenvalue weighted by Crippen LogP contribution is 2.33. The Kier molecular flexibility index (Phi) is 5.86. The van der Waals surface area contributed by atoms with E-state index in [0.717, 1.165) is 4.48 Å². The van der Waals surface area contributed by atoms with Crippen molar-refractivity contribution in [3.63, 3.8) is 0 Å². The number of para-hydroxylation sites is 1. The van der Waals surface area contributed by atoms with Crippen molar-refractivity contribution in [1.82, 2.24) is 4.48 Å². The van der Waals surface area contributed by atoms with Crippen molar-refractivity contribution >= 4 is 5.69 Å². The molecule has 0 atom stereocenters. The van der Waals surface area contributed by atoms with Gasteiger partial charge in [-0.25, -0.2) is 0 Å². The summed E-state index contributed by atoms with van der Waals surface area (Å²) in [6, 6.07) is 12.7. The van der Waals surface area contributed by atoms with Gasteiger partial charge in [0.2, 0.25) is 0 Å². The maximum Gasteiger partial charge on any atom is 0.133 e. The van der Waals surface area contributed by atoms with Crippen molar-refractivity contribution in [2.24, 2.45) is 0 Å². The molecule has 1 rings (SSSR count). The Labute approximate surface area is 106 Å². The fraction of sp³-hybridized carbons (Fsp3) is 0.600. The predicted octanol–water partition coefficient (Wildman–Crippen LogP) is 4.04. The molecule has 2 nitrogen and oxygen atoms in total. The topological polar surface area (TPSA) is 30.0 Å². The fourth-order valence-corrected chi connectivity index (χ4v) is 3.37. The average molecular weight is 237 g/mol. The lowest BCUT2D eigenvalue weighted by molar-refractivity contribution is 0.136. The van der Waals surface area contributed by atoms with Crippen LogP contribution in [0.5, 0.6) is 0 Å². The first kappa shape index (κ1) is 16.1. The van der Waals surface area contributed by atoms with Crippen LogP contribution in [-0.2, 0) is 0 Å². The minimum atomic E-state index is 0. The molecular formula is C15H27NO. The van der Waals surface area contributed by atoms with Crippen molar-refractivity contribution in [2.75, 3.05) is 0 Å². The maximum atomic E-state index is 2.33. The van der Waals surface area contributed by atoms with E-state index in [0.29, 0.717) is 18.1 Å². The zero-order chi connectivity index (χ0) is 12.3. The zero-order valence-electron chi connectivity index (χ0n) is 12.0. The van der Waals surface area contributed by atoms with Crippen LogP contribution < -0.4 is 4.48 Å². The molecule has 1 aromatic carbocycles. The monoisotopic (exact) mass is 237 g/mol. The molecule has 0 aromatic heterocycles. The van der Waals surface area contributed by atoms with Crippen LogP contribution >= 0.6 is 0 Å². The molecule has 2 heteroatoms. The highest BCUT2D eigenvalue weighted by Gasteiger charge is 2.39. The normalized spacial score (nSPS) is 12.1. The molecule has 0 aliphatic rings. The Morgan fingerprint density at radius 2 is 1.06 bits per heavy atom. The quantitative estimate of drug-likeness (QED) is 0.727. The summed E-state index contributed by atoms with van der Waals surface area (Å²) in [6.07, 6.45) is 0. The van der Waals surface area contributed by atoms with Crippen LogP contribution in [0.1, 0.15) is 41.5 Å². The van der Waals surface area contributed by atoms with Crippen LogP contribution in [0.25, 0.3) is 0 Å². The molecule has 0 fully saturated rings. The fourth-order valence-electron chi connectivity index (χ4n) is 3.37. The van der Waals surface area contributed by atoms with E-state index in [-0.39, 0.29) is 5.48 Å². The molecular weight excluding hydrogens is 210 g/mol. The molecule has 1 aromatic rings. The molecule has 0 bridgehead atoms. The van der Waals surface area contributed by atoms with Gasteiger partial charge in [-0.1, -0.05) is 18.2 Å². The highest BCUT2D eigenvalue weighted by atomic mass is 16.0. The molecule has 0 radical (unpaired) electrons. The van der Waals surface area contributed by atoms with Gasteiger partial charge in [-0.2, -0.15) is 0 Å². The summed E-state index contributed by atoms with van der Waals surface area (Å²) < 4.78 is 1.06. The Bertz CT molecular complexity index is 295. The summed E-state index contributed by atoms with van der Waals surface area (Å²) in [7, 11) is 0. The van der Waals surface area contributed by atoms with Gasteiger partial charge in [-0.3, -0.25) is 4.48 Å². The summed E-state index contributed by atoms with van der Waals surface area (Å²) >= 11 is 0. The number of benzene rings is 1. The van der Waals surface area contributed by atoms with E-state index in [4.69, 9.17) is 0 Å². The van der Waals surface area contributed by atoms with Crippen LogP contribution in [0.15, 0.2) is 30.3 Å². The molecule has 0 heterocycles. The van der Waals surface area contributed by atoms with Gasteiger partial charge in [0.1, 0.15) is 5.69 Å². The molecule has 0 aliphatic heterocycles. The van der Waals surface area contributed by atoms with Gasteiger partial charge in [0.15, 0.2) is 0 Å². The van der Waals surface area contributed by atoms with E-state index in [1.54, 1.807) is 0 Å². The van der Waals surface area contributed by atoms with Crippen LogP contribution in [0.2, 0.25) is 0 Å². The van der Waals surface area contributed by atoms with Crippen LogP contribution in [0.3, 0.4) is 0 Å². The van der Waals surface area contributed by atoms with Gasteiger partial charge >= 0.3 is 0 Å². The third-order valence-corrected chi connectivity index (χ3v) is 3.77. The molecule has 17 heavy (non-hydrogen) atoms. The SMILES string of the molecule is CC(C)[N+](c1ccccc1)(C(C)C)C(C)C.[OH-]. The molecule has 98 valence electrons. The first-order chi connectivity index (χ1) is 7.44. The second-order valence-electron chi connectivity index (χ2n) is 5.45. The van der Waals surface area contributed by atoms with E-state index in [2.05, 4.69) is 71.9 Å². The van der Waals surface area contributed by atoms with Crippen molar-refractivity contribution < 1.29 is 5.48 Å². The number of quaternary nitrogens is 1. The van der Waals surface area contributed by atoms with Gasteiger partial charge in [0, 0.05) is 0 Å². The number of nitrogens with zero attached hydrogens (tertiary/aromatic N) is 1. The Hall–Kier alpha value is -0.860. The Morgan fingerprint density at radius 1 is 0.706 bits per heavy atom. The average Bonchev–Trinajstić information content (AvgIpc) is 2.18. The van der Waals surface area contributed by atoms with E-state index >= 15 is 0 Å². The van der Waals surface area contributed by atoms with E-state index in [9.17, 15) is 0 Å². The number of hydrogen-bond acceptors (Lipinski definition) is 1. The maximum absolute atomic E-state index is 2.33. The summed E-state index contributed by atoms with van der Waals surface area (Å²) in [6.45, 7) is 14.0. The smallest absolute Gasteiger partial charge is 0.133 e. The summed E-state index contributed by atoms with van der Waals surface area (Å²) in [5.41, 5.74) is 1.43. The number of rotatable bonds is 4. The van der Waals surface area contributed by atoms with E-state index in [1.165, 1.54) is 5.69 Å². The lowest BCUT2D eigenvalue weighted by atomic mass is 10.0. The van der Waals surface area contributed by atoms with Crippen molar-refractivity contribution in [3.05, 3.63) is 30.3 Å². The van der Waals surface area contributed by atoms with Gasteiger partial charge in [0.25, 0.3) is 0 Å².